The zero-order valence-corrected chi connectivity index (χ0v) is 22.7. The molecule has 0 fully saturated rings. The molecule has 4 atom stereocenters. The van der Waals surface area contributed by atoms with Crippen LogP contribution in [0.4, 0.5) is 0 Å². The number of fused-ring (bicyclic) bond motifs is 4. The lowest BCUT2D eigenvalue weighted by Crippen LogP contribution is -2.36. The predicted molar refractivity (Wildman–Crippen MR) is 157 cm³/mol. The highest BCUT2D eigenvalue weighted by atomic mass is 79.9. The number of carbonyl (C=O) groups is 1. The zero-order valence-electron chi connectivity index (χ0n) is 19.5. The largest absolute Gasteiger partial charge is 0.297 e. The molecule has 0 bridgehead atoms. The number of alkyl halides is 2. The van der Waals surface area contributed by atoms with Gasteiger partial charge in [-0.2, -0.15) is 0 Å². The van der Waals surface area contributed by atoms with Crippen LogP contribution in [0.15, 0.2) is 119 Å². The number of ketones is 1. The summed E-state index contributed by atoms with van der Waals surface area (Å²) in [5.74, 6) is 0.0481. The quantitative estimate of drug-likeness (QED) is 0.468. The van der Waals surface area contributed by atoms with Gasteiger partial charge >= 0.3 is 0 Å². The monoisotopic (exact) mass is 594 g/mol. The van der Waals surface area contributed by atoms with Gasteiger partial charge in [-0.05, 0) is 55.3 Å². The van der Waals surface area contributed by atoms with E-state index in [-0.39, 0.29) is 27.3 Å². The van der Waals surface area contributed by atoms with Crippen LogP contribution in [0.25, 0.3) is 24.3 Å². The molecule has 1 nitrogen and oxygen atoms in total. The van der Waals surface area contributed by atoms with Crippen LogP contribution in [-0.4, -0.2) is 15.4 Å². The summed E-state index contributed by atoms with van der Waals surface area (Å²) < 4.78 is 0. The first-order chi connectivity index (χ1) is 17.6. The van der Waals surface area contributed by atoms with Crippen LogP contribution in [0.5, 0.6) is 0 Å². The number of rotatable bonds is 4. The molecule has 0 radical (unpaired) electrons. The number of allylic oxidation sites excluding steroid dienone is 12. The fourth-order valence-corrected chi connectivity index (χ4v) is 7.17. The molecule has 176 valence electrons. The summed E-state index contributed by atoms with van der Waals surface area (Å²) in [6.07, 6.45) is 25.8. The SMILES string of the molecule is O=C(C(Br)C1C=CC=C2C=c3ccccc3=CC=C21)C(Br)C1C=CC=C2C=c3ccccc3=CC=C21. The number of hydrogen-bond donors (Lipinski definition) is 0. The van der Waals surface area contributed by atoms with E-state index in [1.54, 1.807) is 0 Å². The highest BCUT2D eigenvalue weighted by molar-refractivity contribution is 9.10. The normalized spacial score (nSPS) is 22.8. The first kappa shape index (κ1) is 23.4. The molecular formula is C33H24Br2O. The Bertz CT molecular complexity index is 1570. The number of Topliss-reactive ketones (excluding diaryl/α,β-unsaturated/α-hetero) is 1. The van der Waals surface area contributed by atoms with E-state index in [9.17, 15) is 4.79 Å². The molecule has 0 saturated heterocycles. The molecule has 36 heavy (non-hydrogen) atoms. The first-order valence-electron chi connectivity index (χ1n) is 12.2. The highest BCUT2D eigenvalue weighted by Crippen LogP contribution is 2.38. The van der Waals surface area contributed by atoms with Crippen molar-refractivity contribution in [3.8, 4) is 0 Å². The highest BCUT2D eigenvalue weighted by Gasteiger charge is 2.37. The maximum Gasteiger partial charge on any atom is 0.161 e. The maximum absolute atomic E-state index is 13.9. The Morgan fingerprint density at radius 1 is 0.583 bits per heavy atom. The molecule has 6 rings (SSSR count). The summed E-state index contributed by atoms with van der Waals surface area (Å²) in [5.41, 5.74) is 4.63. The lowest BCUT2D eigenvalue weighted by molar-refractivity contribution is -0.118. The van der Waals surface area contributed by atoms with E-state index in [1.165, 1.54) is 20.9 Å². The molecule has 4 aliphatic rings. The molecule has 4 aliphatic carbocycles. The molecule has 0 heterocycles. The predicted octanol–water partition coefficient (Wildman–Crippen LogP) is 4.71. The van der Waals surface area contributed by atoms with Crippen molar-refractivity contribution in [3.63, 3.8) is 0 Å². The van der Waals surface area contributed by atoms with E-state index in [2.05, 4.69) is 153 Å². The van der Waals surface area contributed by atoms with Gasteiger partial charge in [-0.1, -0.05) is 141 Å². The molecule has 3 heteroatoms. The molecule has 2 aromatic rings. The topological polar surface area (TPSA) is 17.1 Å². The molecule has 4 unspecified atom stereocenters. The number of carbonyl (C=O) groups excluding carboxylic acids is 1. The van der Waals surface area contributed by atoms with E-state index in [0.29, 0.717) is 0 Å². The van der Waals surface area contributed by atoms with Gasteiger partial charge in [0, 0.05) is 11.8 Å². The van der Waals surface area contributed by atoms with Gasteiger partial charge in [0.25, 0.3) is 0 Å². The Labute approximate surface area is 227 Å². The molecule has 0 spiro atoms. The molecule has 0 amide bonds. The third-order valence-corrected chi connectivity index (χ3v) is 9.29. The summed E-state index contributed by atoms with van der Waals surface area (Å²) >= 11 is 7.64. The Balaban J connectivity index is 1.29. The van der Waals surface area contributed by atoms with Crippen molar-refractivity contribution >= 4 is 61.9 Å². The molecule has 2 aromatic carbocycles. The summed E-state index contributed by atoms with van der Waals surface area (Å²) in [5, 5.41) is 4.77. The summed E-state index contributed by atoms with van der Waals surface area (Å²) in [4.78, 5) is 13.2. The van der Waals surface area contributed by atoms with Crippen LogP contribution in [0.2, 0.25) is 0 Å². The van der Waals surface area contributed by atoms with E-state index in [1.807, 2.05) is 0 Å². The second kappa shape index (κ2) is 9.80. The van der Waals surface area contributed by atoms with Crippen molar-refractivity contribution in [2.75, 3.05) is 0 Å². The number of hydrogen-bond acceptors (Lipinski definition) is 1. The average molecular weight is 596 g/mol. The second-order valence-corrected chi connectivity index (χ2v) is 11.4. The van der Waals surface area contributed by atoms with E-state index >= 15 is 0 Å². The third kappa shape index (κ3) is 4.25. The number of benzene rings is 2. The standard InChI is InChI=1S/C33H24Br2O/c34-31(29-13-5-11-25-19-23-9-3-1-7-21(23)15-17-27(25)29)33(36)32(35)30-14-6-12-26-20-24-10-4-2-8-22(24)16-18-28(26)30/h1-20,29-32H. The molecular weight excluding hydrogens is 572 g/mol. The smallest absolute Gasteiger partial charge is 0.161 e. The van der Waals surface area contributed by atoms with Crippen molar-refractivity contribution in [3.05, 3.63) is 140 Å². The Kier molecular flexibility index (Phi) is 6.37. The third-order valence-electron chi connectivity index (χ3n) is 7.25. The van der Waals surface area contributed by atoms with E-state index < -0.39 is 0 Å². The van der Waals surface area contributed by atoms with E-state index in [4.69, 9.17) is 0 Å². The van der Waals surface area contributed by atoms with Crippen LogP contribution in [0.1, 0.15) is 0 Å². The lowest BCUT2D eigenvalue weighted by atomic mass is 9.80. The van der Waals surface area contributed by atoms with Gasteiger partial charge in [-0.15, -0.1) is 0 Å². The van der Waals surface area contributed by atoms with E-state index in [0.717, 1.165) is 22.3 Å². The maximum atomic E-state index is 13.9. The summed E-state index contributed by atoms with van der Waals surface area (Å²) in [7, 11) is 0. The molecule has 0 aromatic heterocycles. The lowest BCUT2D eigenvalue weighted by Gasteiger charge is -2.30. The van der Waals surface area contributed by atoms with Crippen LogP contribution in [0, 0.1) is 11.8 Å². The minimum Gasteiger partial charge on any atom is -0.297 e. The van der Waals surface area contributed by atoms with Gasteiger partial charge < -0.3 is 0 Å². The van der Waals surface area contributed by atoms with Crippen LogP contribution in [0.3, 0.4) is 0 Å². The average Bonchev–Trinajstić information content (AvgIpc) is 3.23. The molecule has 0 N–H and O–H groups in total. The van der Waals surface area contributed by atoms with Crippen molar-refractivity contribution < 1.29 is 4.79 Å². The van der Waals surface area contributed by atoms with Crippen molar-refractivity contribution in [1.82, 2.24) is 0 Å². The van der Waals surface area contributed by atoms with Crippen LogP contribution in [-0.2, 0) is 4.79 Å². The van der Waals surface area contributed by atoms with Crippen molar-refractivity contribution in [2.24, 2.45) is 11.8 Å². The summed E-state index contributed by atoms with van der Waals surface area (Å²) in [6, 6.07) is 16.8. The fourth-order valence-electron chi connectivity index (χ4n) is 5.32. The van der Waals surface area contributed by atoms with Crippen molar-refractivity contribution in [2.45, 2.75) is 9.65 Å². The molecule has 0 saturated carbocycles. The minimum atomic E-state index is -0.352. The molecule has 0 aliphatic heterocycles. The Morgan fingerprint density at radius 3 is 1.44 bits per heavy atom. The zero-order chi connectivity index (χ0) is 24.6. The van der Waals surface area contributed by atoms with Gasteiger partial charge in [-0.3, -0.25) is 4.79 Å². The van der Waals surface area contributed by atoms with Crippen LogP contribution < -0.4 is 20.9 Å². The van der Waals surface area contributed by atoms with Crippen molar-refractivity contribution in [1.29, 1.82) is 0 Å². The number of halogens is 2. The minimum absolute atomic E-state index is 0.0487. The Hall–Kier alpha value is -3.01. The summed E-state index contributed by atoms with van der Waals surface area (Å²) in [6.45, 7) is 0. The van der Waals surface area contributed by atoms with Gasteiger partial charge in [0.15, 0.2) is 5.78 Å². The second-order valence-electron chi connectivity index (χ2n) is 9.40. The van der Waals surface area contributed by atoms with Gasteiger partial charge in [0.05, 0.1) is 9.65 Å². The van der Waals surface area contributed by atoms with Gasteiger partial charge in [0.2, 0.25) is 0 Å². The first-order valence-corrected chi connectivity index (χ1v) is 14.0. The van der Waals surface area contributed by atoms with Crippen LogP contribution >= 0.6 is 31.9 Å². The van der Waals surface area contributed by atoms with Gasteiger partial charge in [-0.25, -0.2) is 0 Å². The fraction of sp³-hybridized carbons (Fsp3) is 0.121. The Morgan fingerprint density at radius 2 is 1.00 bits per heavy atom. The van der Waals surface area contributed by atoms with Gasteiger partial charge in [0.1, 0.15) is 0 Å².